The molecule has 0 fully saturated rings. The molecule has 0 spiro atoms. The van der Waals surface area contributed by atoms with Crippen LogP contribution in [0.1, 0.15) is 43.0 Å². The van der Waals surface area contributed by atoms with E-state index in [9.17, 15) is 9.59 Å². The summed E-state index contributed by atoms with van der Waals surface area (Å²) in [5.74, 6) is -1.00. The van der Waals surface area contributed by atoms with E-state index in [1.807, 2.05) is 32.9 Å². The monoisotopic (exact) mass is 311 g/mol. The summed E-state index contributed by atoms with van der Waals surface area (Å²) >= 11 is 0. The van der Waals surface area contributed by atoms with Gasteiger partial charge in [0.15, 0.2) is 0 Å². The molecule has 0 heterocycles. The zero-order valence-corrected chi connectivity index (χ0v) is 13.6. The number of carbonyl (C=O) groups excluding carboxylic acids is 1. The number of nitrogens with one attached hydrogen (secondary N) is 1. The minimum atomic E-state index is -0.935. The number of aromatic carboxylic acids is 1. The van der Waals surface area contributed by atoms with Gasteiger partial charge in [-0.25, -0.2) is 4.79 Å². The summed E-state index contributed by atoms with van der Waals surface area (Å²) in [5.41, 5.74) is 5.10. The van der Waals surface area contributed by atoms with Gasteiger partial charge in [0.1, 0.15) is 0 Å². The molecule has 0 aliphatic heterocycles. The lowest BCUT2D eigenvalue weighted by atomic mass is 9.99. The van der Waals surface area contributed by atoms with Crippen molar-refractivity contribution >= 4 is 11.9 Å². The number of hydrogen-bond donors (Lipinski definition) is 2. The van der Waals surface area contributed by atoms with Crippen molar-refractivity contribution in [3.63, 3.8) is 0 Å². The molecule has 4 heteroatoms. The van der Waals surface area contributed by atoms with E-state index in [1.54, 1.807) is 24.3 Å². The van der Waals surface area contributed by atoms with Crippen molar-refractivity contribution < 1.29 is 14.7 Å². The quantitative estimate of drug-likeness (QED) is 0.890. The second-order valence-electron chi connectivity index (χ2n) is 5.78. The van der Waals surface area contributed by atoms with Crippen LogP contribution in [0.15, 0.2) is 36.4 Å². The normalized spacial score (nSPS) is 10.4. The third-order valence-electron chi connectivity index (χ3n) is 3.80. The van der Waals surface area contributed by atoms with Crippen molar-refractivity contribution in [1.82, 2.24) is 5.32 Å². The molecular weight excluding hydrogens is 290 g/mol. The van der Waals surface area contributed by atoms with E-state index < -0.39 is 5.97 Å². The van der Waals surface area contributed by atoms with Crippen molar-refractivity contribution in [2.45, 2.75) is 27.2 Å². The highest BCUT2D eigenvalue weighted by molar-refractivity contribution is 5.97. The average molecular weight is 311 g/mol. The summed E-state index contributed by atoms with van der Waals surface area (Å²) in [6.07, 6.45) is 0.662. The van der Waals surface area contributed by atoms with Gasteiger partial charge in [-0.3, -0.25) is 4.79 Å². The Bertz CT molecular complexity index is 710. The number of aryl methyl sites for hydroxylation is 3. The van der Waals surface area contributed by atoms with E-state index in [1.165, 1.54) is 0 Å². The van der Waals surface area contributed by atoms with Gasteiger partial charge in [0, 0.05) is 12.1 Å². The van der Waals surface area contributed by atoms with Crippen LogP contribution < -0.4 is 5.32 Å². The number of carbonyl (C=O) groups is 2. The number of benzene rings is 2. The maximum Gasteiger partial charge on any atom is 0.335 e. The lowest BCUT2D eigenvalue weighted by molar-refractivity contribution is 0.0696. The van der Waals surface area contributed by atoms with E-state index in [0.29, 0.717) is 13.0 Å². The summed E-state index contributed by atoms with van der Waals surface area (Å²) < 4.78 is 0. The summed E-state index contributed by atoms with van der Waals surface area (Å²) in [6.45, 7) is 6.42. The van der Waals surface area contributed by atoms with Gasteiger partial charge in [-0.1, -0.05) is 29.8 Å². The first-order valence-corrected chi connectivity index (χ1v) is 7.57. The molecule has 0 aliphatic rings. The van der Waals surface area contributed by atoms with Crippen molar-refractivity contribution in [2.24, 2.45) is 0 Å². The Balaban J connectivity index is 1.96. The maximum atomic E-state index is 12.3. The molecule has 0 saturated heterocycles. The van der Waals surface area contributed by atoms with Crippen molar-refractivity contribution in [3.05, 3.63) is 69.8 Å². The predicted octanol–water partition coefficient (Wildman–Crippen LogP) is 3.28. The van der Waals surface area contributed by atoms with Gasteiger partial charge in [-0.15, -0.1) is 0 Å². The molecule has 2 aromatic rings. The number of amides is 1. The number of rotatable bonds is 5. The largest absolute Gasteiger partial charge is 0.478 e. The van der Waals surface area contributed by atoms with E-state index >= 15 is 0 Å². The summed E-state index contributed by atoms with van der Waals surface area (Å²) in [6, 6.07) is 10.7. The van der Waals surface area contributed by atoms with Crippen LogP contribution in [0, 0.1) is 20.8 Å². The van der Waals surface area contributed by atoms with E-state index in [4.69, 9.17) is 5.11 Å². The fourth-order valence-electron chi connectivity index (χ4n) is 2.76. The van der Waals surface area contributed by atoms with E-state index in [2.05, 4.69) is 5.32 Å². The Morgan fingerprint density at radius 3 is 2.09 bits per heavy atom. The smallest absolute Gasteiger partial charge is 0.335 e. The van der Waals surface area contributed by atoms with Crippen LogP contribution in [0.25, 0.3) is 0 Å². The lowest BCUT2D eigenvalue weighted by Crippen LogP contribution is -2.27. The molecule has 1 amide bonds. The number of carboxylic acid groups (broad SMARTS) is 1. The number of hydrogen-bond acceptors (Lipinski definition) is 2. The standard InChI is InChI=1S/C19H21NO3/c1-12-10-13(2)17(14(3)11-12)18(21)20-9-8-15-4-6-16(7-5-15)19(22)23/h4-7,10-11H,8-9H2,1-3H3,(H,20,21)(H,22,23). The van der Waals surface area contributed by atoms with Crippen molar-refractivity contribution in [2.75, 3.05) is 6.54 Å². The van der Waals surface area contributed by atoms with Gasteiger partial charge < -0.3 is 10.4 Å². The van der Waals surface area contributed by atoms with Gasteiger partial charge >= 0.3 is 5.97 Å². The van der Waals surface area contributed by atoms with Gasteiger partial charge in [-0.05, 0) is 56.0 Å². The topological polar surface area (TPSA) is 66.4 Å². The lowest BCUT2D eigenvalue weighted by Gasteiger charge is -2.12. The SMILES string of the molecule is Cc1cc(C)c(C(=O)NCCc2ccc(C(=O)O)cc2)c(C)c1. The molecule has 2 N–H and O–H groups in total. The summed E-state index contributed by atoms with van der Waals surface area (Å²) in [4.78, 5) is 23.1. The molecule has 4 nitrogen and oxygen atoms in total. The Morgan fingerprint density at radius 1 is 1.00 bits per heavy atom. The summed E-state index contributed by atoms with van der Waals surface area (Å²) in [7, 11) is 0. The second kappa shape index (κ2) is 7.09. The van der Waals surface area contributed by atoms with E-state index in [-0.39, 0.29) is 11.5 Å². The highest BCUT2D eigenvalue weighted by Gasteiger charge is 2.12. The Hall–Kier alpha value is -2.62. The first kappa shape index (κ1) is 16.7. The van der Waals surface area contributed by atoms with Crippen LogP contribution >= 0.6 is 0 Å². The van der Waals surface area contributed by atoms with Gasteiger partial charge in [0.2, 0.25) is 0 Å². The predicted molar refractivity (Wildman–Crippen MR) is 90.1 cm³/mol. The highest BCUT2D eigenvalue weighted by atomic mass is 16.4. The van der Waals surface area contributed by atoms with Gasteiger partial charge in [0.05, 0.1) is 5.56 Å². The Morgan fingerprint density at radius 2 is 1.57 bits per heavy atom. The first-order chi connectivity index (χ1) is 10.9. The molecular formula is C19H21NO3. The zero-order valence-electron chi connectivity index (χ0n) is 13.6. The van der Waals surface area contributed by atoms with E-state index in [0.717, 1.165) is 27.8 Å². The third-order valence-corrected chi connectivity index (χ3v) is 3.80. The molecule has 2 rings (SSSR count). The van der Waals surface area contributed by atoms with Crippen LogP contribution in [0.3, 0.4) is 0 Å². The highest BCUT2D eigenvalue weighted by Crippen LogP contribution is 2.16. The number of carboxylic acids is 1. The maximum absolute atomic E-state index is 12.3. The first-order valence-electron chi connectivity index (χ1n) is 7.57. The molecule has 0 unspecified atom stereocenters. The summed E-state index contributed by atoms with van der Waals surface area (Å²) in [5, 5.41) is 11.8. The molecule has 0 aliphatic carbocycles. The third kappa shape index (κ3) is 4.19. The van der Waals surface area contributed by atoms with Crippen molar-refractivity contribution in [3.8, 4) is 0 Å². The molecule has 0 saturated carbocycles. The Labute approximate surface area is 136 Å². The van der Waals surface area contributed by atoms with Crippen LogP contribution in [0.2, 0.25) is 0 Å². The van der Waals surface area contributed by atoms with Gasteiger partial charge in [-0.2, -0.15) is 0 Å². The van der Waals surface area contributed by atoms with Crippen LogP contribution in [-0.4, -0.2) is 23.5 Å². The second-order valence-corrected chi connectivity index (χ2v) is 5.78. The van der Waals surface area contributed by atoms with Gasteiger partial charge in [0.25, 0.3) is 5.91 Å². The zero-order chi connectivity index (χ0) is 17.0. The molecule has 0 atom stereocenters. The minimum Gasteiger partial charge on any atom is -0.478 e. The van der Waals surface area contributed by atoms with Crippen molar-refractivity contribution in [1.29, 1.82) is 0 Å². The fraction of sp³-hybridized carbons (Fsp3) is 0.263. The average Bonchev–Trinajstić information content (AvgIpc) is 2.46. The molecule has 0 aromatic heterocycles. The fourth-order valence-corrected chi connectivity index (χ4v) is 2.76. The Kier molecular flexibility index (Phi) is 5.16. The minimum absolute atomic E-state index is 0.0674. The molecule has 0 bridgehead atoms. The molecule has 2 aromatic carbocycles. The van der Waals surface area contributed by atoms with Crippen LogP contribution in [-0.2, 0) is 6.42 Å². The van der Waals surface area contributed by atoms with Crippen LogP contribution in [0.5, 0.6) is 0 Å². The molecule has 0 radical (unpaired) electrons. The van der Waals surface area contributed by atoms with Crippen LogP contribution in [0.4, 0.5) is 0 Å². The molecule has 120 valence electrons. The molecule has 23 heavy (non-hydrogen) atoms.